The maximum Gasteiger partial charge on any atom is 0.133 e. The van der Waals surface area contributed by atoms with Crippen LogP contribution in [0.4, 0.5) is 0 Å². The van der Waals surface area contributed by atoms with Crippen LogP contribution in [0.5, 0.6) is 17.2 Å². The summed E-state index contributed by atoms with van der Waals surface area (Å²) in [6.07, 6.45) is 2.12. The van der Waals surface area contributed by atoms with Crippen molar-refractivity contribution in [1.82, 2.24) is 5.32 Å². The summed E-state index contributed by atoms with van der Waals surface area (Å²) < 4.78 is 16.3. The number of nitrogens with one attached hydrogen (secondary N) is 1. The van der Waals surface area contributed by atoms with Crippen molar-refractivity contribution in [2.45, 2.75) is 11.8 Å². The van der Waals surface area contributed by atoms with E-state index >= 15 is 0 Å². The van der Waals surface area contributed by atoms with Gasteiger partial charge in [0.25, 0.3) is 0 Å². The number of likely N-dealkylation sites (N-methyl/N-ethyl adjacent to an activating group) is 1. The molecule has 0 bridgehead atoms. The van der Waals surface area contributed by atoms with Gasteiger partial charge in [0, 0.05) is 23.5 Å². The van der Waals surface area contributed by atoms with Crippen LogP contribution in [0.3, 0.4) is 0 Å². The molecule has 0 saturated heterocycles. The molecule has 4 nitrogen and oxygen atoms in total. The third kappa shape index (κ3) is 3.90. The molecule has 0 saturated carbocycles. The molecule has 1 rings (SSSR count). The van der Waals surface area contributed by atoms with Crippen molar-refractivity contribution in [1.29, 1.82) is 0 Å². The van der Waals surface area contributed by atoms with Crippen LogP contribution in [0.2, 0.25) is 0 Å². The normalized spacial score (nSPS) is 13.0. The van der Waals surface area contributed by atoms with E-state index in [1.807, 2.05) is 19.2 Å². The quantitative estimate of drug-likeness (QED) is 0.772. The first-order valence-electron chi connectivity index (χ1n) is 6.38. The van der Waals surface area contributed by atoms with Crippen LogP contribution in [0.1, 0.15) is 12.5 Å². The molecular weight excluding hydrogens is 322 g/mol. The zero-order chi connectivity index (χ0) is 15.1. The lowest BCUT2D eigenvalue weighted by Gasteiger charge is -2.19. The van der Waals surface area contributed by atoms with Crippen LogP contribution < -0.4 is 19.5 Å². The van der Waals surface area contributed by atoms with Crippen LogP contribution in [0.25, 0.3) is 5.57 Å². The molecule has 5 heteroatoms. The lowest BCUT2D eigenvalue weighted by Crippen LogP contribution is -2.09. The van der Waals surface area contributed by atoms with Crippen molar-refractivity contribution in [2.24, 2.45) is 0 Å². The Labute approximate surface area is 129 Å². The summed E-state index contributed by atoms with van der Waals surface area (Å²) in [6, 6.07) is 3.72. The molecule has 0 amide bonds. The maximum absolute atomic E-state index is 5.50. The van der Waals surface area contributed by atoms with Gasteiger partial charge in [0.1, 0.15) is 17.2 Å². The first kappa shape index (κ1) is 16.9. The zero-order valence-corrected chi connectivity index (χ0v) is 14.2. The third-order valence-corrected chi connectivity index (χ3v) is 3.45. The Kier molecular flexibility index (Phi) is 6.88. The Balaban J connectivity index is 3.45. The topological polar surface area (TPSA) is 39.7 Å². The first-order chi connectivity index (χ1) is 9.58. The Hall–Kier alpha value is -1.20. The molecule has 20 heavy (non-hydrogen) atoms. The molecule has 0 aliphatic carbocycles. The highest BCUT2D eigenvalue weighted by molar-refractivity contribution is 9.09. The van der Waals surface area contributed by atoms with Gasteiger partial charge in [-0.3, -0.25) is 0 Å². The monoisotopic (exact) mass is 343 g/mol. The van der Waals surface area contributed by atoms with Crippen LogP contribution in [-0.4, -0.2) is 39.7 Å². The smallest absolute Gasteiger partial charge is 0.133 e. The molecule has 112 valence electrons. The number of methoxy groups -OCH3 is 3. The van der Waals surface area contributed by atoms with E-state index < -0.39 is 0 Å². The number of ether oxygens (including phenoxy) is 3. The van der Waals surface area contributed by atoms with Gasteiger partial charge in [-0.25, -0.2) is 0 Å². The summed E-state index contributed by atoms with van der Waals surface area (Å²) in [5.74, 6) is 2.17. The molecular formula is C15H22BrNO3. The van der Waals surface area contributed by atoms with E-state index in [1.54, 1.807) is 21.3 Å². The number of hydrogen-bond acceptors (Lipinski definition) is 4. The predicted molar refractivity (Wildman–Crippen MR) is 86.4 cm³/mol. The van der Waals surface area contributed by atoms with Crippen molar-refractivity contribution in [2.75, 3.05) is 34.9 Å². The standard InChI is InChI=1S/C15H22BrNO3/c1-10(16)12(6-7-17-2)15-13(19-4)8-11(18-3)9-14(15)20-5/h6,8-10,17H,7H2,1-5H3/b12-6+. The van der Waals surface area contributed by atoms with Gasteiger partial charge >= 0.3 is 0 Å². The summed E-state index contributed by atoms with van der Waals surface area (Å²) in [6.45, 7) is 2.84. The van der Waals surface area contributed by atoms with E-state index in [9.17, 15) is 0 Å². The van der Waals surface area contributed by atoms with E-state index in [1.165, 1.54) is 0 Å². The van der Waals surface area contributed by atoms with E-state index in [2.05, 4.69) is 34.2 Å². The minimum Gasteiger partial charge on any atom is -0.496 e. The lowest BCUT2D eigenvalue weighted by atomic mass is 10.00. The van der Waals surface area contributed by atoms with Gasteiger partial charge in [-0.15, -0.1) is 0 Å². The fraction of sp³-hybridized carbons (Fsp3) is 0.467. The van der Waals surface area contributed by atoms with Gasteiger partial charge in [0.05, 0.1) is 26.9 Å². The number of rotatable bonds is 7. The van der Waals surface area contributed by atoms with Gasteiger partial charge in [0.2, 0.25) is 0 Å². The van der Waals surface area contributed by atoms with E-state index in [4.69, 9.17) is 14.2 Å². The zero-order valence-electron chi connectivity index (χ0n) is 12.6. The van der Waals surface area contributed by atoms with Crippen molar-refractivity contribution >= 4 is 21.5 Å². The molecule has 1 aromatic rings. The Morgan fingerprint density at radius 2 is 1.75 bits per heavy atom. The summed E-state index contributed by atoms with van der Waals surface area (Å²) in [5.41, 5.74) is 2.05. The predicted octanol–water partition coefficient (Wildman–Crippen LogP) is 3.10. The molecule has 0 aliphatic heterocycles. The lowest BCUT2D eigenvalue weighted by molar-refractivity contribution is 0.373. The fourth-order valence-electron chi connectivity index (χ4n) is 1.97. The summed E-state index contributed by atoms with van der Waals surface area (Å²) >= 11 is 3.63. The second-order valence-electron chi connectivity index (χ2n) is 4.24. The molecule has 0 aliphatic rings. The molecule has 0 fully saturated rings. The maximum atomic E-state index is 5.50. The fourth-order valence-corrected chi connectivity index (χ4v) is 2.38. The average Bonchev–Trinajstić information content (AvgIpc) is 2.46. The highest BCUT2D eigenvalue weighted by Crippen LogP contribution is 2.41. The second-order valence-corrected chi connectivity index (χ2v) is 5.61. The molecule has 1 aromatic carbocycles. The molecule has 1 atom stereocenters. The Morgan fingerprint density at radius 1 is 1.20 bits per heavy atom. The van der Waals surface area contributed by atoms with Gasteiger partial charge in [-0.2, -0.15) is 0 Å². The van der Waals surface area contributed by atoms with Crippen LogP contribution in [0, 0.1) is 0 Å². The van der Waals surface area contributed by atoms with E-state index in [-0.39, 0.29) is 4.83 Å². The molecule has 0 heterocycles. The summed E-state index contributed by atoms with van der Waals surface area (Å²) in [5, 5.41) is 3.12. The van der Waals surface area contributed by atoms with E-state index in [0.717, 1.165) is 29.2 Å². The Morgan fingerprint density at radius 3 is 2.10 bits per heavy atom. The number of halogens is 1. The SMILES string of the molecule is CNC/C=C(/c1c(OC)cc(OC)cc1OC)C(C)Br. The number of allylic oxidation sites excluding steroid dienone is 1. The van der Waals surface area contributed by atoms with Gasteiger partial charge < -0.3 is 19.5 Å². The first-order valence-corrected chi connectivity index (χ1v) is 7.29. The molecule has 1 N–H and O–H groups in total. The molecule has 0 aromatic heterocycles. The van der Waals surface area contributed by atoms with Gasteiger partial charge in [-0.05, 0) is 19.5 Å². The van der Waals surface area contributed by atoms with Crippen molar-refractivity contribution in [3.8, 4) is 17.2 Å². The number of hydrogen-bond donors (Lipinski definition) is 1. The van der Waals surface area contributed by atoms with Crippen molar-refractivity contribution in [3.63, 3.8) is 0 Å². The van der Waals surface area contributed by atoms with Crippen LogP contribution in [-0.2, 0) is 0 Å². The minimum absolute atomic E-state index is 0.173. The summed E-state index contributed by atoms with van der Waals surface area (Å²) in [4.78, 5) is 0.173. The van der Waals surface area contributed by atoms with Gasteiger partial charge in [-0.1, -0.05) is 22.0 Å². The summed E-state index contributed by atoms with van der Waals surface area (Å²) in [7, 11) is 6.83. The van der Waals surface area contributed by atoms with E-state index in [0.29, 0.717) is 5.75 Å². The van der Waals surface area contributed by atoms with Gasteiger partial charge in [0.15, 0.2) is 0 Å². The number of benzene rings is 1. The molecule has 0 radical (unpaired) electrons. The van der Waals surface area contributed by atoms with Crippen LogP contribution >= 0.6 is 15.9 Å². The second kappa shape index (κ2) is 8.17. The number of alkyl halides is 1. The average molecular weight is 344 g/mol. The third-order valence-electron chi connectivity index (χ3n) is 2.96. The molecule has 0 spiro atoms. The van der Waals surface area contributed by atoms with Crippen LogP contribution in [0.15, 0.2) is 18.2 Å². The largest absolute Gasteiger partial charge is 0.496 e. The highest BCUT2D eigenvalue weighted by Gasteiger charge is 2.19. The minimum atomic E-state index is 0.173. The van der Waals surface area contributed by atoms with Crippen molar-refractivity contribution in [3.05, 3.63) is 23.8 Å². The molecule has 1 unspecified atom stereocenters. The highest BCUT2D eigenvalue weighted by atomic mass is 79.9. The Bertz CT molecular complexity index is 447. The van der Waals surface area contributed by atoms with Crippen molar-refractivity contribution < 1.29 is 14.2 Å².